The summed E-state index contributed by atoms with van der Waals surface area (Å²) >= 11 is 0. The second-order valence-electron chi connectivity index (χ2n) is 6.73. The van der Waals surface area contributed by atoms with E-state index in [1.807, 2.05) is 30.5 Å². The Morgan fingerprint density at radius 1 is 1.26 bits per heavy atom. The number of pyridine rings is 1. The summed E-state index contributed by atoms with van der Waals surface area (Å²) in [5.74, 6) is 0.956. The number of benzene rings is 1. The summed E-state index contributed by atoms with van der Waals surface area (Å²) in [6, 6.07) is 12.3. The summed E-state index contributed by atoms with van der Waals surface area (Å²) in [6.07, 6.45) is 4.79. The normalized spacial score (nSPS) is 21.5. The van der Waals surface area contributed by atoms with Crippen molar-refractivity contribution >= 4 is 0 Å². The van der Waals surface area contributed by atoms with E-state index in [1.165, 1.54) is 12.0 Å². The SMILES string of the molecule is CC1(CN)CCN(Cc2ccccc2OCc2cccnc2)C1. The molecule has 0 radical (unpaired) electrons. The molecule has 3 rings (SSSR count). The molecule has 0 saturated carbocycles. The third-order valence-electron chi connectivity index (χ3n) is 4.61. The molecule has 1 atom stereocenters. The number of nitrogens with zero attached hydrogens (tertiary/aromatic N) is 2. The van der Waals surface area contributed by atoms with Gasteiger partial charge in [-0.25, -0.2) is 0 Å². The predicted molar refractivity (Wildman–Crippen MR) is 92.1 cm³/mol. The average Bonchev–Trinajstić information content (AvgIpc) is 2.97. The quantitative estimate of drug-likeness (QED) is 0.891. The molecule has 1 saturated heterocycles. The molecule has 2 heterocycles. The van der Waals surface area contributed by atoms with Crippen LogP contribution in [0.4, 0.5) is 0 Å². The van der Waals surface area contributed by atoms with Crippen LogP contribution in [-0.2, 0) is 13.2 Å². The van der Waals surface area contributed by atoms with Crippen molar-refractivity contribution in [1.29, 1.82) is 0 Å². The Morgan fingerprint density at radius 2 is 2.13 bits per heavy atom. The number of likely N-dealkylation sites (tertiary alicyclic amines) is 1. The second-order valence-corrected chi connectivity index (χ2v) is 6.73. The average molecular weight is 311 g/mol. The van der Waals surface area contributed by atoms with Crippen LogP contribution in [0.25, 0.3) is 0 Å². The Hall–Kier alpha value is -1.91. The molecule has 1 aliphatic heterocycles. The molecule has 0 spiro atoms. The van der Waals surface area contributed by atoms with E-state index in [-0.39, 0.29) is 5.41 Å². The summed E-state index contributed by atoms with van der Waals surface area (Å²) in [5, 5.41) is 0. The van der Waals surface area contributed by atoms with E-state index >= 15 is 0 Å². The highest BCUT2D eigenvalue weighted by atomic mass is 16.5. The summed E-state index contributed by atoms with van der Waals surface area (Å²) in [7, 11) is 0. The van der Waals surface area contributed by atoms with E-state index in [4.69, 9.17) is 10.5 Å². The lowest BCUT2D eigenvalue weighted by Gasteiger charge is -2.23. The first-order valence-electron chi connectivity index (χ1n) is 8.21. The molecule has 2 N–H and O–H groups in total. The monoisotopic (exact) mass is 311 g/mol. The molecule has 4 heteroatoms. The number of hydrogen-bond donors (Lipinski definition) is 1. The zero-order chi connectivity index (χ0) is 16.1. The summed E-state index contributed by atoms with van der Waals surface area (Å²) < 4.78 is 6.02. The molecule has 1 aromatic carbocycles. The first-order valence-corrected chi connectivity index (χ1v) is 8.21. The predicted octanol–water partition coefficient (Wildman–Crippen LogP) is 2.83. The highest BCUT2D eigenvalue weighted by Gasteiger charge is 2.32. The molecule has 1 aromatic heterocycles. The standard InChI is InChI=1S/C19H25N3O/c1-19(14-20)8-10-22(15-19)12-17-6-2-3-7-18(17)23-13-16-5-4-9-21-11-16/h2-7,9,11H,8,10,12-15,20H2,1H3. The minimum absolute atomic E-state index is 0.255. The molecule has 23 heavy (non-hydrogen) atoms. The lowest BCUT2D eigenvalue weighted by Crippen LogP contribution is -2.31. The van der Waals surface area contributed by atoms with E-state index in [2.05, 4.69) is 28.9 Å². The minimum atomic E-state index is 0.255. The van der Waals surface area contributed by atoms with Crippen LogP contribution >= 0.6 is 0 Å². The maximum atomic E-state index is 6.02. The van der Waals surface area contributed by atoms with E-state index in [9.17, 15) is 0 Å². The number of nitrogens with two attached hydrogens (primary N) is 1. The minimum Gasteiger partial charge on any atom is -0.489 e. The van der Waals surface area contributed by atoms with Gasteiger partial charge in [0.1, 0.15) is 12.4 Å². The summed E-state index contributed by atoms with van der Waals surface area (Å²) in [4.78, 5) is 6.60. The van der Waals surface area contributed by atoms with Crippen LogP contribution in [0.2, 0.25) is 0 Å². The van der Waals surface area contributed by atoms with Crippen molar-refractivity contribution in [1.82, 2.24) is 9.88 Å². The fourth-order valence-electron chi connectivity index (χ4n) is 3.09. The van der Waals surface area contributed by atoms with E-state index in [1.54, 1.807) is 6.20 Å². The van der Waals surface area contributed by atoms with E-state index in [0.29, 0.717) is 6.61 Å². The third kappa shape index (κ3) is 4.09. The van der Waals surface area contributed by atoms with Crippen LogP contribution in [0.1, 0.15) is 24.5 Å². The Kier molecular flexibility index (Phi) is 4.94. The van der Waals surface area contributed by atoms with Gasteiger partial charge in [0.25, 0.3) is 0 Å². The number of rotatable bonds is 6. The van der Waals surface area contributed by atoms with Crippen molar-refractivity contribution in [3.63, 3.8) is 0 Å². The molecule has 1 aliphatic rings. The molecule has 2 aromatic rings. The van der Waals surface area contributed by atoms with Gasteiger partial charge in [0, 0.05) is 36.6 Å². The van der Waals surface area contributed by atoms with Gasteiger partial charge >= 0.3 is 0 Å². The van der Waals surface area contributed by atoms with Gasteiger partial charge in [-0.15, -0.1) is 0 Å². The van der Waals surface area contributed by atoms with Crippen molar-refractivity contribution in [2.24, 2.45) is 11.1 Å². The van der Waals surface area contributed by atoms with Crippen molar-refractivity contribution in [3.05, 3.63) is 59.9 Å². The van der Waals surface area contributed by atoms with Crippen molar-refractivity contribution in [3.8, 4) is 5.75 Å². The van der Waals surface area contributed by atoms with Crippen LogP contribution in [0.15, 0.2) is 48.8 Å². The zero-order valence-electron chi connectivity index (χ0n) is 13.7. The number of aromatic nitrogens is 1. The van der Waals surface area contributed by atoms with Gasteiger partial charge < -0.3 is 10.5 Å². The van der Waals surface area contributed by atoms with Gasteiger partial charge in [-0.05, 0) is 37.1 Å². The van der Waals surface area contributed by atoms with Crippen LogP contribution in [-0.4, -0.2) is 29.5 Å². The zero-order valence-corrected chi connectivity index (χ0v) is 13.7. The lowest BCUT2D eigenvalue weighted by atomic mass is 9.90. The van der Waals surface area contributed by atoms with Crippen LogP contribution in [0, 0.1) is 5.41 Å². The summed E-state index contributed by atoms with van der Waals surface area (Å²) in [5.41, 5.74) is 8.48. The molecular weight excluding hydrogens is 286 g/mol. The van der Waals surface area contributed by atoms with Crippen LogP contribution in [0.3, 0.4) is 0 Å². The Morgan fingerprint density at radius 3 is 2.87 bits per heavy atom. The van der Waals surface area contributed by atoms with Gasteiger partial charge in [0.05, 0.1) is 0 Å². The molecule has 1 unspecified atom stereocenters. The fraction of sp³-hybridized carbons (Fsp3) is 0.421. The Bertz CT molecular complexity index is 632. The first-order chi connectivity index (χ1) is 11.2. The highest BCUT2D eigenvalue weighted by molar-refractivity contribution is 5.33. The molecule has 122 valence electrons. The van der Waals surface area contributed by atoms with Gasteiger partial charge in [-0.1, -0.05) is 31.2 Å². The molecular formula is C19H25N3O. The topological polar surface area (TPSA) is 51.4 Å². The second kappa shape index (κ2) is 7.11. The van der Waals surface area contributed by atoms with Crippen LogP contribution in [0.5, 0.6) is 5.75 Å². The molecule has 1 fully saturated rings. The molecule has 0 amide bonds. The maximum Gasteiger partial charge on any atom is 0.124 e. The molecule has 0 aliphatic carbocycles. The number of hydrogen-bond acceptors (Lipinski definition) is 4. The Balaban J connectivity index is 1.64. The van der Waals surface area contributed by atoms with Gasteiger partial charge in [-0.3, -0.25) is 9.88 Å². The smallest absolute Gasteiger partial charge is 0.124 e. The van der Waals surface area contributed by atoms with Gasteiger partial charge in [0.15, 0.2) is 0 Å². The van der Waals surface area contributed by atoms with Crippen molar-refractivity contribution in [2.75, 3.05) is 19.6 Å². The molecule has 4 nitrogen and oxygen atoms in total. The first kappa shape index (κ1) is 16.0. The third-order valence-corrected chi connectivity index (χ3v) is 4.61. The Labute approximate surface area is 138 Å². The number of para-hydroxylation sites is 1. The largest absolute Gasteiger partial charge is 0.489 e. The molecule has 0 bridgehead atoms. The van der Waals surface area contributed by atoms with Crippen LogP contribution < -0.4 is 10.5 Å². The number of ether oxygens (including phenoxy) is 1. The van der Waals surface area contributed by atoms with Gasteiger partial charge in [0.2, 0.25) is 0 Å². The van der Waals surface area contributed by atoms with Crippen molar-refractivity contribution in [2.45, 2.75) is 26.5 Å². The van der Waals surface area contributed by atoms with Gasteiger partial charge in [-0.2, -0.15) is 0 Å². The maximum absolute atomic E-state index is 6.02. The fourth-order valence-corrected chi connectivity index (χ4v) is 3.09. The van der Waals surface area contributed by atoms with E-state index < -0.39 is 0 Å². The van der Waals surface area contributed by atoms with E-state index in [0.717, 1.165) is 37.5 Å². The highest BCUT2D eigenvalue weighted by Crippen LogP contribution is 2.31. The summed E-state index contributed by atoms with van der Waals surface area (Å²) in [6.45, 7) is 6.65. The van der Waals surface area contributed by atoms with Crippen molar-refractivity contribution < 1.29 is 4.74 Å². The lowest BCUT2D eigenvalue weighted by molar-refractivity contribution is 0.262.